The third-order valence-corrected chi connectivity index (χ3v) is 3.72. The van der Waals surface area contributed by atoms with E-state index >= 15 is 0 Å². The maximum Gasteiger partial charge on any atom is 0.338 e. The fraction of sp³-hybridized carbons (Fsp3) is 0. The molecule has 4 aromatic rings. The van der Waals surface area contributed by atoms with Crippen LogP contribution >= 0.6 is 0 Å². The molecule has 0 aliphatic heterocycles. The highest BCUT2D eigenvalue weighted by atomic mass is 16.2. The first-order valence-corrected chi connectivity index (χ1v) is 7.29. The Balaban J connectivity index is 1.60. The second kappa shape index (κ2) is 5.46. The lowest BCUT2D eigenvalue weighted by Gasteiger charge is -2.11. The number of fused-ring (bicyclic) bond motifs is 2. The number of nitrogens with one attached hydrogen (secondary N) is 2. The summed E-state index contributed by atoms with van der Waals surface area (Å²) >= 11 is 0. The molecule has 23 heavy (non-hydrogen) atoms. The molecule has 0 saturated carbocycles. The number of carbonyl (C=O) groups is 1. The van der Waals surface area contributed by atoms with Crippen molar-refractivity contribution in [2.45, 2.75) is 0 Å². The third kappa shape index (κ3) is 2.48. The van der Waals surface area contributed by atoms with E-state index in [1.165, 1.54) is 0 Å². The summed E-state index contributed by atoms with van der Waals surface area (Å²) in [6, 6.07) is 18.9. The zero-order valence-corrected chi connectivity index (χ0v) is 12.2. The minimum atomic E-state index is -0.303. The van der Waals surface area contributed by atoms with Crippen molar-refractivity contribution in [2.75, 3.05) is 10.7 Å². The molecule has 112 valence electrons. The number of carbonyl (C=O) groups excluding carboxylic acids is 1. The van der Waals surface area contributed by atoms with Crippen molar-refractivity contribution < 1.29 is 4.79 Å². The van der Waals surface area contributed by atoms with Gasteiger partial charge in [0.1, 0.15) is 0 Å². The quantitative estimate of drug-likeness (QED) is 0.588. The van der Waals surface area contributed by atoms with Gasteiger partial charge in [0.15, 0.2) is 0 Å². The molecule has 0 spiro atoms. The summed E-state index contributed by atoms with van der Waals surface area (Å²) in [4.78, 5) is 16.6. The topological polar surface area (TPSA) is 59.0 Å². The van der Waals surface area contributed by atoms with E-state index < -0.39 is 0 Å². The van der Waals surface area contributed by atoms with Gasteiger partial charge in [-0.1, -0.05) is 24.3 Å². The predicted octanol–water partition coefficient (Wildman–Crippen LogP) is 3.97. The molecule has 2 N–H and O–H groups in total. The van der Waals surface area contributed by atoms with E-state index in [-0.39, 0.29) is 6.03 Å². The second-order valence-corrected chi connectivity index (χ2v) is 5.19. The number of hydrogen-bond acceptors (Lipinski definition) is 2. The Hall–Kier alpha value is -3.34. The molecule has 2 amide bonds. The van der Waals surface area contributed by atoms with Crippen molar-refractivity contribution in [1.29, 1.82) is 0 Å². The molecule has 0 bridgehead atoms. The summed E-state index contributed by atoms with van der Waals surface area (Å²) in [7, 11) is 0. The van der Waals surface area contributed by atoms with Gasteiger partial charge in [-0.05, 0) is 36.4 Å². The van der Waals surface area contributed by atoms with Gasteiger partial charge in [-0.15, -0.1) is 0 Å². The number of anilines is 1. The molecule has 5 heteroatoms. The van der Waals surface area contributed by atoms with Crippen molar-refractivity contribution in [3.05, 3.63) is 73.1 Å². The summed E-state index contributed by atoms with van der Waals surface area (Å²) in [5.41, 5.74) is 5.34. The van der Waals surface area contributed by atoms with E-state index in [1.54, 1.807) is 10.9 Å². The molecular formula is C18H14N4O. The average Bonchev–Trinajstić information content (AvgIpc) is 2.98. The highest BCUT2D eigenvalue weighted by Crippen LogP contribution is 2.21. The Labute approximate surface area is 132 Å². The van der Waals surface area contributed by atoms with Crippen LogP contribution in [0.2, 0.25) is 0 Å². The lowest BCUT2D eigenvalue weighted by Crippen LogP contribution is -2.27. The van der Waals surface area contributed by atoms with Crippen LogP contribution in [0.5, 0.6) is 0 Å². The average molecular weight is 302 g/mol. The van der Waals surface area contributed by atoms with Gasteiger partial charge >= 0.3 is 6.03 Å². The number of rotatable bonds is 2. The molecule has 0 saturated heterocycles. The zero-order chi connectivity index (χ0) is 15.6. The van der Waals surface area contributed by atoms with Gasteiger partial charge in [0.2, 0.25) is 0 Å². The number of urea groups is 1. The number of aromatic nitrogens is 2. The summed E-state index contributed by atoms with van der Waals surface area (Å²) in [6.07, 6.45) is 3.56. The normalized spacial score (nSPS) is 10.8. The lowest BCUT2D eigenvalue weighted by molar-refractivity contribution is 0.260. The zero-order valence-electron chi connectivity index (χ0n) is 12.2. The van der Waals surface area contributed by atoms with Gasteiger partial charge in [-0.3, -0.25) is 9.66 Å². The molecule has 0 unspecified atom stereocenters. The number of para-hydroxylation sites is 1. The fourth-order valence-corrected chi connectivity index (χ4v) is 2.65. The van der Waals surface area contributed by atoms with Crippen molar-refractivity contribution in [1.82, 2.24) is 9.66 Å². The van der Waals surface area contributed by atoms with Crippen LogP contribution in [0, 0.1) is 0 Å². The number of benzene rings is 2. The van der Waals surface area contributed by atoms with Gasteiger partial charge in [0.25, 0.3) is 0 Å². The van der Waals surface area contributed by atoms with Gasteiger partial charge in [-0.25, -0.2) is 10.2 Å². The van der Waals surface area contributed by atoms with Crippen LogP contribution in [0.3, 0.4) is 0 Å². The molecular weight excluding hydrogens is 288 g/mol. The van der Waals surface area contributed by atoms with Crippen molar-refractivity contribution in [2.24, 2.45) is 0 Å². The maximum absolute atomic E-state index is 12.3. The molecule has 4 rings (SSSR count). The first-order chi connectivity index (χ1) is 11.3. The van der Waals surface area contributed by atoms with Crippen molar-refractivity contribution >= 4 is 33.5 Å². The number of amides is 2. The Bertz CT molecular complexity index is 1000. The van der Waals surface area contributed by atoms with E-state index in [0.29, 0.717) is 0 Å². The van der Waals surface area contributed by atoms with Gasteiger partial charge in [-0.2, -0.15) is 0 Å². The standard InChI is InChI=1S/C18H14N4O/c23-18(21-22-12-10-13-5-1-2-9-17(13)22)20-16-8-3-7-15-14(16)6-4-11-19-15/h1-12H,(H2,20,21,23). The third-order valence-electron chi connectivity index (χ3n) is 3.72. The van der Waals surface area contributed by atoms with Crippen LogP contribution in [0.4, 0.5) is 10.5 Å². The van der Waals surface area contributed by atoms with Gasteiger partial charge in [0.05, 0.1) is 16.7 Å². The summed E-state index contributed by atoms with van der Waals surface area (Å²) in [5.74, 6) is 0. The van der Waals surface area contributed by atoms with Crippen LogP contribution in [0.1, 0.15) is 0 Å². The molecule has 2 aromatic carbocycles. The first-order valence-electron chi connectivity index (χ1n) is 7.29. The Morgan fingerprint density at radius 2 is 1.87 bits per heavy atom. The molecule has 2 heterocycles. The Kier molecular flexibility index (Phi) is 3.16. The highest BCUT2D eigenvalue weighted by molar-refractivity contribution is 6.03. The van der Waals surface area contributed by atoms with E-state index in [9.17, 15) is 4.79 Å². The largest absolute Gasteiger partial charge is 0.338 e. The highest BCUT2D eigenvalue weighted by Gasteiger charge is 2.07. The molecule has 0 fully saturated rings. The molecule has 2 aromatic heterocycles. The molecule has 5 nitrogen and oxygen atoms in total. The molecule has 0 aliphatic carbocycles. The van der Waals surface area contributed by atoms with Crippen LogP contribution in [0.25, 0.3) is 21.8 Å². The number of pyridine rings is 1. The van der Waals surface area contributed by atoms with Crippen LogP contribution in [-0.2, 0) is 0 Å². The summed E-state index contributed by atoms with van der Waals surface area (Å²) < 4.78 is 1.70. The lowest BCUT2D eigenvalue weighted by atomic mass is 10.2. The molecule has 0 aliphatic rings. The van der Waals surface area contributed by atoms with Crippen LogP contribution in [-0.4, -0.2) is 15.7 Å². The van der Waals surface area contributed by atoms with Gasteiger partial charge < -0.3 is 5.32 Å². The van der Waals surface area contributed by atoms with Crippen LogP contribution < -0.4 is 10.7 Å². The summed E-state index contributed by atoms with van der Waals surface area (Å²) in [6.45, 7) is 0. The van der Waals surface area contributed by atoms with Crippen molar-refractivity contribution in [3.63, 3.8) is 0 Å². The predicted molar refractivity (Wildman–Crippen MR) is 92.1 cm³/mol. The maximum atomic E-state index is 12.3. The Morgan fingerprint density at radius 3 is 2.83 bits per heavy atom. The number of hydrogen-bond donors (Lipinski definition) is 2. The molecule has 0 atom stereocenters. The van der Waals surface area contributed by atoms with E-state index in [2.05, 4.69) is 15.7 Å². The minimum Gasteiger partial charge on any atom is -0.306 e. The monoisotopic (exact) mass is 302 g/mol. The van der Waals surface area contributed by atoms with Crippen molar-refractivity contribution in [3.8, 4) is 0 Å². The minimum absolute atomic E-state index is 0.303. The van der Waals surface area contributed by atoms with E-state index in [4.69, 9.17) is 0 Å². The van der Waals surface area contributed by atoms with E-state index in [0.717, 1.165) is 27.5 Å². The smallest absolute Gasteiger partial charge is 0.306 e. The SMILES string of the molecule is O=C(Nc1cccc2ncccc12)Nn1ccc2ccccc21. The summed E-state index contributed by atoms with van der Waals surface area (Å²) in [5, 5.41) is 4.85. The first kappa shape index (κ1) is 13.3. The van der Waals surface area contributed by atoms with Gasteiger partial charge in [0, 0.05) is 23.2 Å². The molecule has 0 radical (unpaired) electrons. The van der Waals surface area contributed by atoms with Crippen LogP contribution in [0.15, 0.2) is 73.1 Å². The number of nitrogens with zero attached hydrogens (tertiary/aromatic N) is 2. The van der Waals surface area contributed by atoms with E-state index in [1.807, 2.05) is 66.9 Å². The second-order valence-electron chi connectivity index (χ2n) is 5.19. The Morgan fingerprint density at radius 1 is 0.957 bits per heavy atom. The fourth-order valence-electron chi connectivity index (χ4n) is 2.65.